The van der Waals surface area contributed by atoms with Gasteiger partial charge in [-0.1, -0.05) is 38.1 Å². The Morgan fingerprint density at radius 3 is 2.71 bits per heavy atom. The summed E-state index contributed by atoms with van der Waals surface area (Å²) in [6, 6.07) is 22.3. The van der Waals surface area contributed by atoms with Gasteiger partial charge in [-0.05, 0) is 60.7 Å². The molecule has 0 spiro atoms. The number of hydrogen-bond donors (Lipinski definition) is 0. The van der Waals surface area contributed by atoms with E-state index in [9.17, 15) is 4.79 Å². The number of imidazole rings is 1. The van der Waals surface area contributed by atoms with Crippen molar-refractivity contribution in [3.05, 3.63) is 78.1 Å². The second kappa shape index (κ2) is 10.4. The molecular formula is C31H33N3O4. The average Bonchev–Trinajstić information content (AvgIpc) is 3.67. The number of anilines is 1. The van der Waals surface area contributed by atoms with Crippen LogP contribution < -0.4 is 19.1 Å². The number of nitrogens with zero attached hydrogens (tertiary/aromatic N) is 3. The fourth-order valence-corrected chi connectivity index (χ4v) is 5.36. The van der Waals surface area contributed by atoms with Gasteiger partial charge in [0.1, 0.15) is 11.6 Å². The number of fused-ring (bicyclic) bond motifs is 2. The van der Waals surface area contributed by atoms with Gasteiger partial charge < -0.3 is 23.7 Å². The van der Waals surface area contributed by atoms with Crippen LogP contribution in [0, 0.1) is 0 Å². The SMILES string of the molecule is CCC(C)c1ccc(OCCCn2c(C3CC(=O)N(c4ccc5c(c4)OCO5)C3)nc3ccccc32)cc1. The van der Waals surface area contributed by atoms with Crippen LogP contribution in [0.3, 0.4) is 0 Å². The molecule has 2 aliphatic rings. The lowest BCUT2D eigenvalue weighted by Crippen LogP contribution is -2.24. The second-order valence-corrected chi connectivity index (χ2v) is 10.1. The predicted molar refractivity (Wildman–Crippen MR) is 147 cm³/mol. The van der Waals surface area contributed by atoms with Crippen molar-refractivity contribution in [2.75, 3.05) is 24.8 Å². The molecule has 1 fully saturated rings. The first-order chi connectivity index (χ1) is 18.6. The number of ether oxygens (including phenoxy) is 3. The first kappa shape index (κ1) is 24.3. The first-order valence-corrected chi connectivity index (χ1v) is 13.5. The zero-order chi connectivity index (χ0) is 26.1. The maximum atomic E-state index is 13.1. The van der Waals surface area contributed by atoms with Crippen LogP contribution in [0.25, 0.3) is 11.0 Å². The van der Waals surface area contributed by atoms with E-state index in [0.29, 0.717) is 37.0 Å². The highest BCUT2D eigenvalue weighted by atomic mass is 16.7. The largest absolute Gasteiger partial charge is 0.494 e. The molecule has 2 atom stereocenters. The van der Waals surface area contributed by atoms with Crippen molar-refractivity contribution in [1.82, 2.24) is 9.55 Å². The molecule has 0 aliphatic carbocycles. The summed E-state index contributed by atoms with van der Waals surface area (Å²) in [7, 11) is 0. The standard InChI is InChI=1S/C31H33N3O4/c1-3-21(2)22-9-12-25(13-10-22)36-16-6-15-33-27-8-5-4-7-26(27)32-31(33)23-17-30(35)34(19-23)24-11-14-28-29(18-24)38-20-37-28/h4-5,7-14,18,21,23H,3,6,15-17,19-20H2,1-2H3. The van der Waals surface area contributed by atoms with Crippen molar-refractivity contribution in [2.45, 2.75) is 51.5 Å². The lowest BCUT2D eigenvalue weighted by Gasteiger charge is -2.18. The Hall–Kier alpha value is -4.00. The molecule has 1 saturated heterocycles. The topological polar surface area (TPSA) is 65.8 Å². The van der Waals surface area contributed by atoms with Gasteiger partial charge >= 0.3 is 0 Å². The molecular weight excluding hydrogens is 478 g/mol. The zero-order valence-corrected chi connectivity index (χ0v) is 21.9. The number of carbonyl (C=O) groups excluding carboxylic acids is 1. The third-order valence-corrected chi connectivity index (χ3v) is 7.70. The van der Waals surface area contributed by atoms with Crippen molar-refractivity contribution in [3.8, 4) is 17.2 Å². The van der Waals surface area contributed by atoms with Crippen molar-refractivity contribution in [1.29, 1.82) is 0 Å². The van der Waals surface area contributed by atoms with E-state index in [-0.39, 0.29) is 18.6 Å². The van der Waals surface area contributed by atoms with Gasteiger partial charge in [0.05, 0.1) is 17.6 Å². The number of benzene rings is 3. The fourth-order valence-electron chi connectivity index (χ4n) is 5.36. The van der Waals surface area contributed by atoms with Gasteiger partial charge in [0.2, 0.25) is 12.7 Å². The van der Waals surface area contributed by atoms with Crippen LogP contribution in [0.15, 0.2) is 66.7 Å². The molecule has 3 aromatic carbocycles. The summed E-state index contributed by atoms with van der Waals surface area (Å²) in [6.45, 7) is 6.64. The molecule has 2 unspecified atom stereocenters. The van der Waals surface area contributed by atoms with E-state index in [1.165, 1.54) is 5.56 Å². The number of para-hydroxylation sites is 2. The lowest BCUT2D eigenvalue weighted by atomic mass is 9.99. The molecule has 0 bridgehead atoms. The summed E-state index contributed by atoms with van der Waals surface area (Å²) in [5.41, 5.74) is 4.22. The number of rotatable bonds is 9. The van der Waals surface area contributed by atoms with Gasteiger partial charge in [-0.25, -0.2) is 4.98 Å². The predicted octanol–water partition coefficient (Wildman–Crippen LogP) is 6.27. The van der Waals surface area contributed by atoms with E-state index in [1.54, 1.807) is 0 Å². The summed E-state index contributed by atoms with van der Waals surface area (Å²) < 4.78 is 19.3. The summed E-state index contributed by atoms with van der Waals surface area (Å²) in [5.74, 6) is 3.91. The van der Waals surface area contributed by atoms with E-state index in [1.807, 2.05) is 41.3 Å². The van der Waals surface area contributed by atoms with E-state index < -0.39 is 0 Å². The van der Waals surface area contributed by atoms with Crippen LogP contribution in [0.1, 0.15) is 56.3 Å². The minimum absolute atomic E-state index is 0.00865. The molecule has 1 amide bonds. The Kier molecular flexibility index (Phi) is 6.66. The monoisotopic (exact) mass is 511 g/mol. The van der Waals surface area contributed by atoms with Crippen molar-refractivity contribution >= 4 is 22.6 Å². The van der Waals surface area contributed by atoms with Gasteiger partial charge in [0.15, 0.2) is 11.5 Å². The molecule has 7 nitrogen and oxygen atoms in total. The number of carbonyl (C=O) groups is 1. The van der Waals surface area contributed by atoms with Crippen molar-refractivity contribution in [2.24, 2.45) is 0 Å². The van der Waals surface area contributed by atoms with Gasteiger partial charge in [0, 0.05) is 37.2 Å². The molecule has 7 heteroatoms. The summed E-state index contributed by atoms with van der Waals surface area (Å²) in [4.78, 5) is 19.9. The highest BCUT2D eigenvalue weighted by Crippen LogP contribution is 2.39. The number of aryl methyl sites for hydroxylation is 1. The third kappa shape index (κ3) is 4.69. The molecule has 0 saturated carbocycles. The number of hydrogen-bond acceptors (Lipinski definition) is 5. The van der Waals surface area contributed by atoms with Gasteiger partial charge in [-0.3, -0.25) is 4.79 Å². The lowest BCUT2D eigenvalue weighted by molar-refractivity contribution is -0.117. The van der Waals surface area contributed by atoms with Crippen LogP contribution in [0.4, 0.5) is 5.69 Å². The van der Waals surface area contributed by atoms with Crippen molar-refractivity contribution in [3.63, 3.8) is 0 Å². The molecule has 38 heavy (non-hydrogen) atoms. The van der Waals surface area contributed by atoms with E-state index in [0.717, 1.165) is 47.7 Å². The number of aromatic nitrogens is 2. The van der Waals surface area contributed by atoms with Gasteiger partial charge in [-0.2, -0.15) is 0 Å². The van der Waals surface area contributed by atoms with E-state index >= 15 is 0 Å². The summed E-state index contributed by atoms with van der Waals surface area (Å²) in [5, 5.41) is 0. The quantitative estimate of drug-likeness (QED) is 0.248. The molecule has 3 heterocycles. The highest BCUT2D eigenvalue weighted by molar-refractivity contribution is 5.97. The second-order valence-electron chi connectivity index (χ2n) is 10.1. The van der Waals surface area contributed by atoms with Crippen LogP contribution in [0.5, 0.6) is 17.2 Å². The van der Waals surface area contributed by atoms with E-state index in [4.69, 9.17) is 19.2 Å². The van der Waals surface area contributed by atoms with Crippen LogP contribution >= 0.6 is 0 Å². The van der Waals surface area contributed by atoms with E-state index in [2.05, 4.69) is 48.7 Å². The van der Waals surface area contributed by atoms with Crippen LogP contribution in [-0.4, -0.2) is 35.4 Å². The zero-order valence-electron chi connectivity index (χ0n) is 21.9. The minimum atomic E-state index is 0.00865. The third-order valence-electron chi connectivity index (χ3n) is 7.70. The minimum Gasteiger partial charge on any atom is -0.494 e. The first-order valence-electron chi connectivity index (χ1n) is 13.5. The van der Waals surface area contributed by atoms with Crippen molar-refractivity contribution < 1.29 is 19.0 Å². The maximum absolute atomic E-state index is 13.1. The Labute approximate surface area is 222 Å². The molecule has 4 aromatic rings. The van der Waals surface area contributed by atoms with Gasteiger partial charge in [0.25, 0.3) is 0 Å². The van der Waals surface area contributed by atoms with Crippen LogP contribution in [0.2, 0.25) is 0 Å². The summed E-state index contributed by atoms with van der Waals surface area (Å²) in [6.07, 6.45) is 2.40. The normalized spacial score (nSPS) is 17.4. The Balaban J connectivity index is 1.16. The number of amides is 1. The Morgan fingerprint density at radius 1 is 1.05 bits per heavy atom. The Morgan fingerprint density at radius 2 is 1.87 bits per heavy atom. The highest BCUT2D eigenvalue weighted by Gasteiger charge is 2.35. The maximum Gasteiger partial charge on any atom is 0.231 e. The molecule has 0 N–H and O–H groups in total. The molecule has 0 radical (unpaired) electrons. The van der Waals surface area contributed by atoms with Gasteiger partial charge in [-0.15, -0.1) is 0 Å². The molecule has 196 valence electrons. The van der Waals surface area contributed by atoms with Crippen LogP contribution in [-0.2, 0) is 11.3 Å². The molecule has 1 aromatic heterocycles. The molecule has 6 rings (SSSR count). The fraction of sp³-hybridized carbons (Fsp3) is 0.355. The smallest absolute Gasteiger partial charge is 0.231 e. The molecule has 2 aliphatic heterocycles. The summed E-state index contributed by atoms with van der Waals surface area (Å²) >= 11 is 0. The average molecular weight is 512 g/mol. The Bertz CT molecular complexity index is 1450.